The van der Waals surface area contributed by atoms with Gasteiger partial charge < -0.3 is 29.2 Å². The van der Waals surface area contributed by atoms with E-state index in [9.17, 15) is 9.59 Å². The van der Waals surface area contributed by atoms with Crippen LogP contribution in [0.5, 0.6) is 0 Å². The molecule has 0 saturated carbocycles. The number of carbonyl (C=O) groups is 2. The minimum atomic E-state index is -0.840. The van der Waals surface area contributed by atoms with E-state index in [2.05, 4.69) is 0 Å². The number of hydrogen-bond donors (Lipinski definition) is 2. The van der Waals surface area contributed by atoms with Crippen molar-refractivity contribution in [3.63, 3.8) is 0 Å². The van der Waals surface area contributed by atoms with Crippen LogP contribution in [0, 0.1) is 11.8 Å². The van der Waals surface area contributed by atoms with Gasteiger partial charge in [-0.1, -0.05) is 13.8 Å². The van der Waals surface area contributed by atoms with E-state index in [1.807, 2.05) is 13.8 Å². The molecule has 2 unspecified atom stereocenters. The molecule has 0 spiro atoms. The lowest BCUT2D eigenvalue weighted by Gasteiger charge is -2.19. The minimum absolute atomic E-state index is 0.0652. The zero-order valence-electron chi connectivity index (χ0n) is 14.1. The Kier molecular flexibility index (Phi) is 6.97. The number of carboxylic acids is 2. The van der Waals surface area contributed by atoms with E-state index >= 15 is 0 Å². The summed E-state index contributed by atoms with van der Waals surface area (Å²) in [6.07, 6.45) is -0.762. The van der Waals surface area contributed by atoms with Crippen molar-refractivity contribution < 1.29 is 38.7 Å². The molecular weight excluding hydrogens is 320 g/mol. The maximum atomic E-state index is 10.7. The molecule has 138 valence electrons. The summed E-state index contributed by atoms with van der Waals surface area (Å²) in [5.41, 5.74) is 0. The van der Waals surface area contributed by atoms with E-state index < -0.39 is 11.9 Å². The number of rotatable bonds is 10. The summed E-state index contributed by atoms with van der Waals surface area (Å²) in [6, 6.07) is 0. The first-order valence-corrected chi connectivity index (χ1v) is 8.26. The number of aliphatic carboxylic acids is 2. The maximum Gasteiger partial charge on any atom is 0.303 e. The van der Waals surface area contributed by atoms with Gasteiger partial charge in [0.1, 0.15) is 24.4 Å². The molecule has 8 heteroatoms. The first-order valence-electron chi connectivity index (χ1n) is 8.26. The molecule has 24 heavy (non-hydrogen) atoms. The van der Waals surface area contributed by atoms with Crippen LogP contribution in [0.25, 0.3) is 0 Å². The van der Waals surface area contributed by atoms with Crippen molar-refractivity contribution in [3.05, 3.63) is 0 Å². The molecular formula is C16H26O8. The number of carboxylic acid groups (broad SMARTS) is 2. The van der Waals surface area contributed by atoms with E-state index in [1.54, 1.807) is 0 Å². The lowest BCUT2D eigenvalue weighted by Crippen LogP contribution is -2.35. The summed E-state index contributed by atoms with van der Waals surface area (Å²) in [5, 5.41) is 17.5. The minimum Gasteiger partial charge on any atom is -0.481 e. The van der Waals surface area contributed by atoms with Gasteiger partial charge in [-0.3, -0.25) is 9.59 Å². The predicted molar refractivity (Wildman–Crippen MR) is 81.8 cm³/mol. The van der Waals surface area contributed by atoms with Crippen molar-refractivity contribution in [3.8, 4) is 0 Å². The van der Waals surface area contributed by atoms with Crippen LogP contribution in [0.4, 0.5) is 0 Å². The summed E-state index contributed by atoms with van der Waals surface area (Å²) in [4.78, 5) is 21.3. The van der Waals surface area contributed by atoms with Gasteiger partial charge in [0.15, 0.2) is 0 Å². The Bertz CT molecular complexity index is 400. The quantitative estimate of drug-likeness (QED) is 0.597. The lowest BCUT2D eigenvalue weighted by molar-refractivity contribution is -0.139. The van der Waals surface area contributed by atoms with Gasteiger partial charge in [-0.15, -0.1) is 0 Å². The molecule has 0 aliphatic carbocycles. The summed E-state index contributed by atoms with van der Waals surface area (Å²) in [7, 11) is 0. The van der Waals surface area contributed by atoms with Crippen molar-refractivity contribution >= 4 is 11.9 Å². The highest BCUT2D eigenvalue weighted by atomic mass is 16.6. The molecule has 0 amide bonds. The van der Waals surface area contributed by atoms with Crippen LogP contribution in [0.1, 0.15) is 26.7 Å². The molecule has 2 aliphatic heterocycles. The Morgan fingerprint density at radius 1 is 0.917 bits per heavy atom. The second-order valence-corrected chi connectivity index (χ2v) is 6.75. The molecule has 2 aliphatic rings. The van der Waals surface area contributed by atoms with Gasteiger partial charge in [0.05, 0.1) is 39.3 Å². The average molecular weight is 346 g/mol. The third-order valence-electron chi connectivity index (χ3n) is 4.20. The monoisotopic (exact) mass is 346 g/mol. The first-order chi connectivity index (χ1) is 11.4. The van der Waals surface area contributed by atoms with E-state index in [1.165, 1.54) is 0 Å². The molecule has 2 N–H and O–H groups in total. The SMILES string of the molecule is CC(CO[C@H]1CO[C@H]2[C@@H]1OC[C@H]2OCC(C)CC(=O)O)CC(=O)O. The van der Waals surface area contributed by atoms with E-state index in [0.717, 1.165) is 0 Å². The highest BCUT2D eigenvalue weighted by Gasteiger charge is 2.49. The van der Waals surface area contributed by atoms with Gasteiger partial charge in [-0.2, -0.15) is 0 Å². The molecule has 2 saturated heterocycles. The highest BCUT2D eigenvalue weighted by molar-refractivity contribution is 5.67. The Balaban J connectivity index is 1.73. The fourth-order valence-corrected chi connectivity index (χ4v) is 3.00. The Morgan fingerprint density at radius 2 is 1.29 bits per heavy atom. The molecule has 2 fully saturated rings. The van der Waals surface area contributed by atoms with Gasteiger partial charge in [-0.05, 0) is 11.8 Å². The van der Waals surface area contributed by atoms with Gasteiger partial charge in [-0.25, -0.2) is 0 Å². The van der Waals surface area contributed by atoms with Crippen molar-refractivity contribution in [1.29, 1.82) is 0 Å². The van der Waals surface area contributed by atoms with Gasteiger partial charge in [0, 0.05) is 0 Å². The summed E-state index contributed by atoms with van der Waals surface area (Å²) in [6.45, 7) is 5.11. The Morgan fingerprint density at radius 3 is 1.62 bits per heavy atom. The fourth-order valence-electron chi connectivity index (χ4n) is 3.00. The smallest absolute Gasteiger partial charge is 0.303 e. The molecule has 0 aromatic rings. The molecule has 0 radical (unpaired) electrons. The standard InChI is InChI=1S/C16H26O8/c1-9(3-13(17)18)5-21-11-7-23-16-12(8-24-15(11)16)22-6-10(2)4-14(19)20/h9-12,15-16H,3-8H2,1-2H3,(H,17,18)(H,19,20)/t9?,10?,11-,12+,15-,16-/m1/s1. The number of ether oxygens (including phenoxy) is 4. The van der Waals surface area contributed by atoms with Crippen LogP contribution >= 0.6 is 0 Å². The average Bonchev–Trinajstić information content (AvgIpc) is 3.03. The molecule has 8 nitrogen and oxygen atoms in total. The Labute approximate surface area is 141 Å². The van der Waals surface area contributed by atoms with Crippen molar-refractivity contribution in [2.75, 3.05) is 26.4 Å². The zero-order valence-corrected chi connectivity index (χ0v) is 14.1. The van der Waals surface area contributed by atoms with E-state index in [4.69, 9.17) is 29.2 Å². The normalized spacial score (nSPS) is 31.6. The van der Waals surface area contributed by atoms with Crippen LogP contribution in [-0.4, -0.2) is 73.0 Å². The molecule has 6 atom stereocenters. The van der Waals surface area contributed by atoms with Crippen LogP contribution in [0.15, 0.2) is 0 Å². The van der Waals surface area contributed by atoms with Gasteiger partial charge in [0.25, 0.3) is 0 Å². The Hall–Kier alpha value is -1.22. The van der Waals surface area contributed by atoms with Crippen molar-refractivity contribution in [1.82, 2.24) is 0 Å². The predicted octanol–water partition coefficient (Wildman–Crippen LogP) is 0.776. The van der Waals surface area contributed by atoms with Crippen LogP contribution in [-0.2, 0) is 28.5 Å². The van der Waals surface area contributed by atoms with Crippen LogP contribution in [0.3, 0.4) is 0 Å². The number of hydrogen-bond acceptors (Lipinski definition) is 6. The maximum absolute atomic E-state index is 10.7. The summed E-state index contributed by atoms with van der Waals surface area (Å²) < 4.78 is 23.0. The fraction of sp³-hybridized carbons (Fsp3) is 0.875. The lowest BCUT2D eigenvalue weighted by atomic mass is 10.1. The van der Waals surface area contributed by atoms with Gasteiger partial charge >= 0.3 is 11.9 Å². The van der Waals surface area contributed by atoms with Gasteiger partial charge in [0.2, 0.25) is 0 Å². The third kappa shape index (κ3) is 5.41. The molecule has 0 bridgehead atoms. The van der Waals surface area contributed by atoms with Crippen LogP contribution in [0.2, 0.25) is 0 Å². The summed E-state index contributed by atoms with van der Waals surface area (Å²) in [5.74, 6) is -1.83. The van der Waals surface area contributed by atoms with E-state index in [0.29, 0.717) is 26.4 Å². The molecule has 2 heterocycles. The molecule has 2 rings (SSSR count). The third-order valence-corrected chi connectivity index (χ3v) is 4.20. The highest BCUT2D eigenvalue weighted by Crippen LogP contribution is 2.31. The second-order valence-electron chi connectivity index (χ2n) is 6.75. The van der Waals surface area contributed by atoms with Crippen molar-refractivity contribution in [2.24, 2.45) is 11.8 Å². The van der Waals surface area contributed by atoms with Crippen molar-refractivity contribution in [2.45, 2.75) is 51.1 Å². The second kappa shape index (κ2) is 8.75. The topological polar surface area (TPSA) is 112 Å². The number of fused-ring (bicyclic) bond motifs is 1. The summed E-state index contributed by atoms with van der Waals surface area (Å²) >= 11 is 0. The zero-order chi connectivity index (χ0) is 17.7. The molecule has 0 aromatic carbocycles. The molecule has 0 aromatic heterocycles. The first kappa shape index (κ1) is 19.1. The van der Waals surface area contributed by atoms with Crippen LogP contribution < -0.4 is 0 Å². The largest absolute Gasteiger partial charge is 0.481 e. The van der Waals surface area contributed by atoms with E-state index in [-0.39, 0.29) is 49.1 Å².